The highest BCUT2D eigenvalue weighted by molar-refractivity contribution is 5.92. The first-order valence-electron chi connectivity index (χ1n) is 11.9. The molecule has 5 rings (SSSR count). The second kappa shape index (κ2) is 9.71. The normalized spacial score (nSPS) is 18.1. The molecular formula is C24H25F4N7O2. The van der Waals surface area contributed by atoms with E-state index in [4.69, 9.17) is 0 Å². The van der Waals surface area contributed by atoms with Gasteiger partial charge in [-0.05, 0) is 24.6 Å². The molecule has 3 aromatic rings. The van der Waals surface area contributed by atoms with Crippen LogP contribution in [0.3, 0.4) is 0 Å². The van der Waals surface area contributed by atoms with Crippen molar-refractivity contribution in [3.63, 3.8) is 0 Å². The molecule has 37 heavy (non-hydrogen) atoms. The minimum Gasteiger partial charge on any atom is -0.365 e. The number of pyridine rings is 1. The number of aryl methyl sites for hydroxylation is 1. The number of amides is 1. The molecule has 2 aliphatic heterocycles. The van der Waals surface area contributed by atoms with Gasteiger partial charge < -0.3 is 9.88 Å². The number of benzene rings is 1. The van der Waals surface area contributed by atoms with Gasteiger partial charge in [0.15, 0.2) is 0 Å². The summed E-state index contributed by atoms with van der Waals surface area (Å²) in [4.78, 5) is 38.8. The molecule has 4 heterocycles. The summed E-state index contributed by atoms with van der Waals surface area (Å²) in [5.41, 5.74) is 3.64. The van der Waals surface area contributed by atoms with E-state index >= 15 is 0 Å². The van der Waals surface area contributed by atoms with Crippen LogP contribution in [0.1, 0.15) is 28.7 Å². The van der Waals surface area contributed by atoms with Gasteiger partial charge in [0.2, 0.25) is 5.95 Å². The molecule has 1 amide bonds. The zero-order chi connectivity index (χ0) is 26.3. The maximum Gasteiger partial charge on any atom is 0.284 e. The predicted molar refractivity (Wildman–Crippen MR) is 127 cm³/mol. The highest BCUT2D eigenvalue weighted by atomic mass is 19.3. The minimum atomic E-state index is -2.84. The minimum absolute atomic E-state index is 0.208. The predicted octanol–water partition coefficient (Wildman–Crippen LogP) is 2.08. The number of hydrazine groups is 1. The summed E-state index contributed by atoms with van der Waals surface area (Å²) in [5.74, 6) is -4.85. The van der Waals surface area contributed by atoms with Crippen LogP contribution < -0.4 is 15.9 Å². The van der Waals surface area contributed by atoms with E-state index in [0.717, 1.165) is 5.01 Å². The number of aromatic amines is 1. The van der Waals surface area contributed by atoms with Gasteiger partial charge in [0.05, 0.1) is 29.8 Å². The average molecular weight is 520 g/mol. The quantitative estimate of drug-likeness (QED) is 0.380. The molecule has 2 aromatic heterocycles. The van der Waals surface area contributed by atoms with Crippen LogP contribution in [-0.2, 0) is 13.0 Å². The van der Waals surface area contributed by atoms with Crippen LogP contribution in [0.15, 0.2) is 29.1 Å². The molecule has 0 saturated carbocycles. The summed E-state index contributed by atoms with van der Waals surface area (Å²) in [6.07, 6.45) is 0.449. The first-order valence-corrected chi connectivity index (χ1v) is 11.9. The van der Waals surface area contributed by atoms with Gasteiger partial charge in [-0.1, -0.05) is 6.92 Å². The Morgan fingerprint density at radius 2 is 1.84 bits per heavy atom. The molecule has 0 aliphatic carbocycles. The van der Waals surface area contributed by atoms with Gasteiger partial charge in [0.25, 0.3) is 17.4 Å². The van der Waals surface area contributed by atoms with Crippen molar-refractivity contribution in [1.82, 2.24) is 30.3 Å². The lowest BCUT2D eigenvalue weighted by Crippen LogP contribution is -2.62. The van der Waals surface area contributed by atoms with E-state index < -0.39 is 36.7 Å². The molecule has 13 heteroatoms. The van der Waals surface area contributed by atoms with Crippen LogP contribution in [0.4, 0.5) is 23.2 Å². The fraction of sp³-hybridized carbons (Fsp3) is 0.417. The Morgan fingerprint density at radius 1 is 1.11 bits per heavy atom. The first kappa shape index (κ1) is 25.1. The second-order valence-electron chi connectivity index (χ2n) is 9.25. The Hall–Kier alpha value is -3.58. The maximum atomic E-state index is 14.8. The van der Waals surface area contributed by atoms with E-state index in [9.17, 15) is 27.2 Å². The monoisotopic (exact) mass is 519 g/mol. The highest BCUT2D eigenvalue weighted by Crippen LogP contribution is 2.25. The number of rotatable bonds is 6. The number of nitrogens with one attached hydrogen (secondary N) is 2. The lowest BCUT2D eigenvalue weighted by atomic mass is 10.1. The van der Waals surface area contributed by atoms with Gasteiger partial charge in [-0.15, -0.1) is 0 Å². The molecule has 0 spiro atoms. The lowest BCUT2D eigenvalue weighted by Gasteiger charge is -2.38. The number of carbonyl (C=O) groups is 1. The van der Waals surface area contributed by atoms with Gasteiger partial charge in [0, 0.05) is 44.4 Å². The van der Waals surface area contributed by atoms with E-state index in [1.807, 2.05) is 4.90 Å². The van der Waals surface area contributed by atoms with E-state index in [2.05, 4.69) is 20.4 Å². The van der Waals surface area contributed by atoms with E-state index in [0.29, 0.717) is 61.4 Å². The fourth-order valence-electron chi connectivity index (χ4n) is 4.52. The third kappa shape index (κ3) is 5.27. The smallest absolute Gasteiger partial charge is 0.284 e. The van der Waals surface area contributed by atoms with Crippen molar-refractivity contribution in [2.45, 2.75) is 25.8 Å². The molecule has 0 bridgehead atoms. The first-order chi connectivity index (χ1) is 17.6. The van der Waals surface area contributed by atoms with Crippen molar-refractivity contribution in [3.05, 3.63) is 63.3 Å². The van der Waals surface area contributed by atoms with Crippen molar-refractivity contribution in [3.8, 4) is 0 Å². The molecule has 2 N–H and O–H groups in total. The van der Waals surface area contributed by atoms with Crippen LogP contribution >= 0.6 is 0 Å². The number of alkyl halides is 2. The molecule has 0 unspecified atom stereocenters. The van der Waals surface area contributed by atoms with Gasteiger partial charge >= 0.3 is 0 Å². The molecule has 0 atom stereocenters. The second-order valence-corrected chi connectivity index (χ2v) is 9.25. The Morgan fingerprint density at radius 3 is 2.49 bits per heavy atom. The molecule has 2 saturated heterocycles. The van der Waals surface area contributed by atoms with Crippen LogP contribution in [0.25, 0.3) is 11.0 Å². The molecular weight excluding hydrogens is 494 g/mol. The number of aromatic nitrogens is 3. The summed E-state index contributed by atoms with van der Waals surface area (Å²) in [6, 6.07) is 5.71. The fourth-order valence-corrected chi connectivity index (χ4v) is 4.52. The standard InChI is InChI=1S/C24H25F4N7O2/c1-2-16-22(36)31-18-9-14(15(25)10-19(18)29-16)11-33-5-7-34(8-6-33)20-4-3-17(30-21(20)26)23(37)32-35-12-24(27,28)13-35/h3-4,9-10H,2,5-8,11-13H2,1H3,(H,31,36)(H,32,37). The summed E-state index contributed by atoms with van der Waals surface area (Å²) in [5, 5.41) is 1.05. The van der Waals surface area contributed by atoms with Crippen LogP contribution in [0.5, 0.6) is 0 Å². The van der Waals surface area contributed by atoms with Crippen molar-refractivity contribution >= 4 is 22.6 Å². The number of piperazine rings is 1. The molecule has 1 aromatic carbocycles. The molecule has 2 fully saturated rings. The molecule has 196 valence electrons. The largest absolute Gasteiger partial charge is 0.365 e. The van der Waals surface area contributed by atoms with Crippen molar-refractivity contribution in [2.24, 2.45) is 0 Å². The summed E-state index contributed by atoms with van der Waals surface area (Å²) < 4.78 is 55.3. The Kier molecular flexibility index (Phi) is 6.58. The molecule has 9 nitrogen and oxygen atoms in total. The van der Waals surface area contributed by atoms with Crippen LogP contribution in [-0.4, -0.2) is 76.0 Å². The zero-order valence-corrected chi connectivity index (χ0v) is 20.0. The maximum absolute atomic E-state index is 14.8. The number of carbonyl (C=O) groups excluding carboxylic acids is 1. The molecule has 0 radical (unpaired) electrons. The topological polar surface area (TPSA) is 97.5 Å². The number of H-pyrrole nitrogens is 1. The third-order valence-corrected chi connectivity index (χ3v) is 6.54. The van der Waals surface area contributed by atoms with Gasteiger partial charge in [-0.2, -0.15) is 4.39 Å². The summed E-state index contributed by atoms with van der Waals surface area (Å²) in [7, 11) is 0. The van der Waals surface area contributed by atoms with E-state index in [1.54, 1.807) is 17.9 Å². The highest BCUT2D eigenvalue weighted by Gasteiger charge is 2.44. The zero-order valence-electron chi connectivity index (χ0n) is 20.0. The number of fused-ring (bicyclic) bond motifs is 1. The van der Waals surface area contributed by atoms with Crippen molar-refractivity contribution in [1.29, 1.82) is 0 Å². The molecule has 2 aliphatic rings. The van der Waals surface area contributed by atoms with Crippen molar-refractivity contribution < 1.29 is 22.4 Å². The van der Waals surface area contributed by atoms with Gasteiger partial charge in [-0.3, -0.25) is 19.9 Å². The van der Waals surface area contributed by atoms with Crippen molar-refractivity contribution in [2.75, 3.05) is 44.2 Å². The van der Waals surface area contributed by atoms with Gasteiger partial charge in [0.1, 0.15) is 17.2 Å². The lowest BCUT2D eigenvalue weighted by molar-refractivity contribution is -0.144. The van der Waals surface area contributed by atoms with Crippen LogP contribution in [0.2, 0.25) is 0 Å². The number of nitrogens with zero attached hydrogens (tertiary/aromatic N) is 5. The number of hydrogen-bond donors (Lipinski definition) is 2. The third-order valence-electron chi connectivity index (χ3n) is 6.54. The number of hydrogen-bond acceptors (Lipinski definition) is 7. The SMILES string of the molecule is CCc1nc2cc(F)c(CN3CCN(c4ccc(C(=O)NN5CC(F)(F)C5)nc4F)CC3)cc2[nH]c1=O. The Balaban J connectivity index is 1.20. The number of anilines is 1. The summed E-state index contributed by atoms with van der Waals surface area (Å²) in [6.45, 7) is 2.85. The van der Waals surface area contributed by atoms with Crippen LogP contribution in [0, 0.1) is 11.8 Å². The average Bonchev–Trinajstić information content (AvgIpc) is 2.84. The Bertz CT molecular complexity index is 1400. The summed E-state index contributed by atoms with van der Waals surface area (Å²) >= 11 is 0. The number of halogens is 4. The van der Waals surface area contributed by atoms with E-state index in [1.165, 1.54) is 18.2 Å². The van der Waals surface area contributed by atoms with Gasteiger partial charge in [-0.25, -0.2) is 28.1 Å². The Labute approximate surface area is 209 Å². The van der Waals surface area contributed by atoms with E-state index in [-0.39, 0.29) is 16.9 Å².